The zero-order valence-electron chi connectivity index (χ0n) is 13.6. The first-order valence-electron chi connectivity index (χ1n) is 8.22. The van der Waals surface area contributed by atoms with Gasteiger partial charge >= 0.3 is 6.03 Å². The molecule has 0 atom stereocenters. The molecule has 2 aromatic rings. The minimum Gasteiger partial charge on any atom is -0.454 e. The quantitative estimate of drug-likeness (QED) is 0.927. The minimum absolute atomic E-state index is 0.0565. The Morgan fingerprint density at radius 3 is 2.62 bits per heavy atom. The summed E-state index contributed by atoms with van der Waals surface area (Å²) in [6.07, 6.45) is 2.12. The van der Waals surface area contributed by atoms with Crippen molar-refractivity contribution in [1.29, 1.82) is 0 Å². The highest BCUT2D eigenvalue weighted by atomic mass is 16.7. The Bertz CT molecular complexity index is 754. The van der Waals surface area contributed by atoms with E-state index in [1.807, 2.05) is 54.3 Å². The Balaban J connectivity index is 1.47. The Labute approximate surface area is 141 Å². The van der Waals surface area contributed by atoms with Crippen LogP contribution in [0, 0.1) is 6.92 Å². The summed E-state index contributed by atoms with van der Waals surface area (Å²) in [5.41, 5.74) is 3.04. The number of hydrogen-bond donors (Lipinski definition) is 1. The van der Waals surface area contributed by atoms with Gasteiger partial charge in [0.2, 0.25) is 6.79 Å². The molecular weight excluding hydrogens is 304 g/mol. The van der Waals surface area contributed by atoms with Crippen LogP contribution in [-0.4, -0.2) is 23.8 Å². The van der Waals surface area contributed by atoms with Crippen molar-refractivity contribution in [3.05, 3.63) is 53.6 Å². The molecule has 1 aliphatic heterocycles. The Kier molecular flexibility index (Phi) is 3.76. The molecule has 0 unspecified atom stereocenters. The highest BCUT2D eigenvalue weighted by Crippen LogP contribution is 2.34. The van der Waals surface area contributed by atoms with E-state index in [1.165, 1.54) is 5.56 Å². The van der Waals surface area contributed by atoms with E-state index in [0.717, 1.165) is 35.6 Å². The van der Waals surface area contributed by atoms with Crippen molar-refractivity contribution in [1.82, 2.24) is 4.90 Å². The Morgan fingerprint density at radius 1 is 1.12 bits per heavy atom. The second-order valence-corrected chi connectivity index (χ2v) is 6.34. The minimum atomic E-state index is -0.0565. The third kappa shape index (κ3) is 3.15. The van der Waals surface area contributed by atoms with Crippen LogP contribution in [0.5, 0.6) is 11.5 Å². The van der Waals surface area contributed by atoms with Gasteiger partial charge in [0, 0.05) is 18.3 Å². The monoisotopic (exact) mass is 324 g/mol. The first-order valence-corrected chi connectivity index (χ1v) is 8.22. The van der Waals surface area contributed by atoms with Crippen molar-refractivity contribution < 1.29 is 14.3 Å². The van der Waals surface area contributed by atoms with E-state index < -0.39 is 0 Å². The smallest absolute Gasteiger partial charge is 0.322 e. The van der Waals surface area contributed by atoms with Gasteiger partial charge in [-0.25, -0.2) is 4.79 Å². The highest BCUT2D eigenvalue weighted by molar-refractivity contribution is 5.89. The van der Waals surface area contributed by atoms with Gasteiger partial charge in [-0.2, -0.15) is 0 Å². The molecule has 2 aromatic carbocycles. The number of nitrogens with one attached hydrogen (secondary N) is 1. The van der Waals surface area contributed by atoms with Crippen molar-refractivity contribution in [3.8, 4) is 11.5 Å². The van der Waals surface area contributed by atoms with Crippen LogP contribution < -0.4 is 14.8 Å². The largest absolute Gasteiger partial charge is 0.454 e. The molecule has 24 heavy (non-hydrogen) atoms. The topological polar surface area (TPSA) is 50.8 Å². The molecular formula is C19H20N2O3. The lowest BCUT2D eigenvalue weighted by atomic mass is 10.2. The fourth-order valence-electron chi connectivity index (χ4n) is 2.82. The number of nitrogens with zero attached hydrogens (tertiary/aromatic N) is 1. The summed E-state index contributed by atoms with van der Waals surface area (Å²) in [5, 5.41) is 2.99. The third-order valence-corrected chi connectivity index (χ3v) is 4.34. The lowest BCUT2D eigenvalue weighted by molar-refractivity contribution is 0.174. The average Bonchev–Trinajstić information content (AvgIpc) is 3.31. The van der Waals surface area contributed by atoms with Gasteiger partial charge in [0.15, 0.2) is 11.5 Å². The standard InChI is InChI=1S/C19H20N2O3/c1-13-2-5-15(6-3-13)20-19(22)21(16-7-8-16)11-14-4-9-17-18(10-14)24-12-23-17/h2-6,9-10,16H,7-8,11-12H2,1H3,(H,20,22). The summed E-state index contributed by atoms with van der Waals surface area (Å²) < 4.78 is 10.8. The van der Waals surface area contributed by atoms with Crippen molar-refractivity contribution in [3.63, 3.8) is 0 Å². The maximum atomic E-state index is 12.7. The van der Waals surface area contributed by atoms with Crippen molar-refractivity contribution >= 4 is 11.7 Å². The second kappa shape index (κ2) is 6.07. The molecule has 0 aromatic heterocycles. The summed E-state index contributed by atoms with van der Waals surface area (Å²) in [6.45, 7) is 2.86. The fraction of sp³-hybridized carbons (Fsp3) is 0.316. The zero-order valence-corrected chi connectivity index (χ0v) is 13.6. The van der Waals surface area contributed by atoms with E-state index >= 15 is 0 Å². The maximum absolute atomic E-state index is 12.7. The van der Waals surface area contributed by atoms with E-state index in [2.05, 4.69) is 5.32 Å². The summed E-state index contributed by atoms with van der Waals surface area (Å²) in [7, 11) is 0. The van der Waals surface area contributed by atoms with Gasteiger partial charge in [-0.05, 0) is 49.6 Å². The predicted molar refractivity (Wildman–Crippen MR) is 91.3 cm³/mol. The lowest BCUT2D eigenvalue weighted by Gasteiger charge is -2.23. The molecule has 0 radical (unpaired) electrons. The van der Waals surface area contributed by atoms with Crippen LogP contribution in [0.3, 0.4) is 0 Å². The maximum Gasteiger partial charge on any atom is 0.322 e. The van der Waals surface area contributed by atoms with Crippen LogP contribution in [0.1, 0.15) is 24.0 Å². The van der Waals surface area contributed by atoms with Gasteiger partial charge < -0.3 is 19.7 Å². The number of carbonyl (C=O) groups excluding carboxylic acids is 1. The van der Waals surface area contributed by atoms with Crippen LogP contribution >= 0.6 is 0 Å². The van der Waals surface area contributed by atoms with Gasteiger partial charge in [0.25, 0.3) is 0 Å². The molecule has 1 fully saturated rings. The van der Waals surface area contributed by atoms with Gasteiger partial charge in [-0.15, -0.1) is 0 Å². The number of anilines is 1. The fourth-order valence-corrected chi connectivity index (χ4v) is 2.82. The van der Waals surface area contributed by atoms with Gasteiger partial charge in [0.05, 0.1) is 0 Å². The van der Waals surface area contributed by atoms with Crippen molar-refractivity contribution in [2.75, 3.05) is 12.1 Å². The number of rotatable bonds is 4. The summed E-state index contributed by atoms with van der Waals surface area (Å²) in [5.74, 6) is 1.52. The zero-order chi connectivity index (χ0) is 16.5. The number of ether oxygens (including phenoxy) is 2. The van der Waals surface area contributed by atoms with Gasteiger partial charge in [-0.3, -0.25) is 0 Å². The molecule has 1 aliphatic carbocycles. The Morgan fingerprint density at radius 2 is 1.88 bits per heavy atom. The van der Waals surface area contributed by atoms with Crippen LogP contribution in [0.15, 0.2) is 42.5 Å². The van der Waals surface area contributed by atoms with E-state index in [-0.39, 0.29) is 12.8 Å². The molecule has 2 amide bonds. The number of hydrogen-bond acceptors (Lipinski definition) is 3. The third-order valence-electron chi connectivity index (χ3n) is 4.34. The van der Waals surface area contributed by atoms with Gasteiger partial charge in [0.1, 0.15) is 0 Å². The number of amides is 2. The number of aryl methyl sites for hydroxylation is 1. The SMILES string of the molecule is Cc1ccc(NC(=O)N(Cc2ccc3c(c2)OCO3)C2CC2)cc1. The molecule has 0 bridgehead atoms. The molecule has 0 saturated heterocycles. The highest BCUT2D eigenvalue weighted by Gasteiger charge is 2.33. The number of carbonyl (C=O) groups is 1. The predicted octanol–water partition coefficient (Wildman–Crippen LogP) is 3.92. The van der Waals surface area contributed by atoms with Crippen LogP contribution in [0.2, 0.25) is 0 Å². The lowest BCUT2D eigenvalue weighted by Crippen LogP contribution is -2.36. The molecule has 1 N–H and O–H groups in total. The van der Waals surface area contributed by atoms with Crippen LogP contribution in [-0.2, 0) is 6.54 Å². The molecule has 0 spiro atoms. The van der Waals surface area contributed by atoms with E-state index in [9.17, 15) is 4.79 Å². The summed E-state index contributed by atoms with van der Waals surface area (Å²) >= 11 is 0. The van der Waals surface area contributed by atoms with Gasteiger partial charge in [-0.1, -0.05) is 23.8 Å². The second-order valence-electron chi connectivity index (χ2n) is 6.34. The molecule has 1 saturated carbocycles. The number of benzene rings is 2. The van der Waals surface area contributed by atoms with E-state index in [4.69, 9.17) is 9.47 Å². The van der Waals surface area contributed by atoms with E-state index in [0.29, 0.717) is 12.6 Å². The average molecular weight is 324 g/mol. The molecule has 5 heteroatoms. The normalized spacial score (nSPS) is 15.2. The summed E-state index contributed by atoms with van der Waals surface area (Å²) in [4.78, 5) is 14.6. The van der Waals surface area contributed by atoms with Crippen LogP contribution in [0.25, 0.3) is 0 Å². The summed E-state index contributed by atoms with van der Waals surface area (Å²) in [6, 6.07) is 14.0. The first kappa shape index (κ1) is 14.9. The first-order chi connectivity index (χ1) is 11.7. The molecule has 5 nitrogen and oxygen atoms in total. The van der Waals surface area contributed by atoms with Crippen LogP contribution in [0.4, 0.5) is 10.5 Å². The van der Waals surface area contributed by atoms with Crippen molar-refractivity contribution in [2.45, 2.75) is 32.4 Å². The number of urea groups is 1. The molecule has 2 aliphatic rings. The number of fused-ring (bicyclic) bond motifs is 1. The molecule has 1 heterocycles. The Hall–Kier alpha value is -2.69. The molecule has 124 valence electrons. The molecule has 4 rings (SSSR count). The van der Waals surface area contributed by atoms with Crippen molar-refractivity contribution in [2.24, 2.45) is 0 Å². The van der Waals surface area contributed by atoms with E-state index in [1.54, 1.807) is 0 Å².